The van der Waals surface area contributed by atoms with Crippen molar-refractivity contribution in [3.05, 3.63) is 58.6 Å². The van der Waals surface area contributed by atoms with Crippen LogP contribution in [0, 0.1) is 12.3 Å². The molecule has 35 heavy (non-hydrogen) atoms. The van der Waals surface area contributed by atoms with Crippen molar-refractivity contribution < 1.29 is 14.3 Å². The van der Waals surface area contributed by atoms with Crippen LogP contribution in [0.2, 0.25) is 5.02 Å². The SMILES string of the molecule is Cc1cc2c(ccc3nnnn32)c(-c2ccc(Cl)cc2)c1[C@H](COC(=O)C(C)(C)C)OC(C)(C)C. The van der Waals surface area contributed by atoms with Crippen LogP contribution in [0.15, 0.2) is 42.5 Å². The molecular formula is C27H31ClN4O3. The van der Waals surface area contributed by atoms with Crippen molar-refractivity contribution in [2.45, 2.75) is 60.2 Å². The van der Waals surface area contributed by atoms with Crippen molar-refractivity contribution in [3.8, 4) is 11.1 Å². The number of carbonyl (C=O) groups is 1. The van der Waals surface area contributed by atoms with Crippen LogP contribution in [0.5, 0.6) is 0 Å². The number of rotatable bonds is 5. The lowest BCUT2D eigenvalue weighted by Crippen LogP contribution is -2.30. The van der Waals surface area contributed by atoms with Crippen molar-refractivity contribution in [1.82, 2.24) is 20.0 Å². The Morgan fingerprint density at radius 1 is 1.06 bits per heavy atom. The van der Waals surface area contributed by atoms with E-state index >= 15 is 0 Å². The Balaban J connectivity index is 1.97. The molecule has 0 spiro atoms. The summed E-state index contributed by atoms with van der Waals surface area (Å²) >= 11 is 6.22. The number of halogens is 1. The molecule has 0 N–H and O–H groups in total. The van der Waals surface area contributed by atoms with Crippen LogP contribution in [0.4, 0.5) is 0 Å². The van der Waals surface area contributed by atoms with Crippen LogP contribution in [-0.4, -0.2) is 38.2 Å². The van der Waals surface area contributed by atoms with Crippen LogP contribution >= 0.6 is 11.6 Å². The molecule has 0 bridgehead atoms. The van der Waals surface area contributed by atoms with Gasteiger partial charge in [-0.2, -0.15) is 4.52 Å². The second-order valence-corrected chi connectivity index (χ2v) is 11.2. The molecule has 4 rings (SSSR count). The van der Waals surface area contributed by atoms with E-state index in [2.05, 4.69) is 21.6 Å². The predicted octanol–water partition coefficient (Wildman–Crippen LogP) is 6.35. The lowest BCUT2D eigenvalue weighted by molar-refractivity contribution is -0.162. The van der Waals surface area contributed by atoms with E-state index in [9.17, 15) is 4.79 Å². The first-order chi connectivity index (χ1) is 16.3. The summed E-state index contributed by atoms with van der Waals surface area (Å²) in [6.07, 6.45) is -0.499. The maximum absolute atomic E-state index is 12.7. The van der Waals surface area contributed by atoms with Crippen LogP contribution in [0.3, 0.4) is 0 Å². The number of esters is 1. The minimum absolute atomic E-state index is 0.0907. The van der Waals surface area contributed by atoms with Gasteiger partial charge in [0.25, 0.3) is 0 Å². The molecule has 0 radical (unpaired) electrons. The first-order valence-electron chi connectivity index (χ1n) is 11.6. The summed E-state index contributed by atoms with van der Waals surface area (Å²) < 4.78 is 14.0. The normalized spacial score (nSPS) is 13.4. The molecule has 8 heteroatoms. The number of aryl methyl sites for hydroxylation is 1. The van der Waals surface area contributed by atoms with E-state index in [4.69, 9.17) is 21.1 Å². The maximum Gasteiger partial charge on any atom is 0.311 e. The number of hydrogen-bond acceptors (Lipinski definition) is 6. The Labute approximate surface area is 210 Å². The third kappa shape index (κ3) is 5.31. The van der Waals surface area contributed by atoms with Gasteiger partial charge in [0, 0.05) is 10.4 Å². The summed E-state index contributed by atoms with van der Waals surface area (Å²) in [5, 5.41) is 13.7. The highest BCUT2D eigenvalue weighted by molar-refractivity contribution is 6.30. The predicted molar refractivity (Wildman–Crippen MR) is 137 cm³/mol. The number of nitrogens with zero attached hydrogens (tertiary/aromatic N) is 4. The third-order valence-electron chi connectivity index (χ3n) is 5.64. The van der Waals surface area contributed by atoms with E-state index in [0.717, 1.165) is 33.2 Å². The van der Waals surface area contributed by atoms with E-state index in [1.807, 2.05) is 84.9 Å². The number of hydrogen-bond donors (Lipinski definition) is 0. The topological polar surface area (TPSA) is 78.6 Å². The third-order valence-corrected chi connectivity index (χ3v) is 5.89. The fraction of sp³-hybridized carbons (Fsp3) is 0.407. The standard InChI is InChI=1S/C27H31ClN4O3/c1-16-14-20-19(12-13-22-29-30-31-32(20)22)24(17-8-10-18(28)11-9-17)23(16)21(35-27(5,6)7)15-34-25(33)26(2,3)4/h8-14,21H,15H2,1-7H3/t21-/m0/s1. The highest BCUT2D eigenvalue weighted by Crippen LogP contribution is 2.41. The highest BCUT2D eigenvalue weighted by Gasteiger charge is 2.30. The summed E-state index contributed by atoms with van der Waals surface area (Å²) in [6, 6.07) is 13.7. The van der Waals surface area contributed by atoms with Gasteiger partial charge in [-0.15, -0.1) is 5.10 Å². The van der Waals surface area contributed by atoms with Crippen molar-refractivity contribution in [3.63, 3.8) is 0 Å². The Hall–Kier alpha value is -3.03. The van der Waals surface area contributed by atoms with Crippen LogP contribution < -0.4 is 0 Å². The summed E-state index contributed by atoms with van der Waals surface area (Å²) in [7, 11) is 0. The van der Waals surface area contributed by atoms with Gasteiger partial charge in [0.1, 0.15) is 12.7 Å². The molecule has 0 saturated carbocycles. The van der Waals surface area contributed by atoms with E-state index in [-0.39, 0.29) is 12.6 Å². The van der Waals surface area contributed by atoms with Crippen molar-refractivity contribution in [1.29, 1.82) is 0 Å². The Morgan fingerprint density at radius 3 is 2.37 bits per heavy atom. The largest absolute Gasteiger partial charge is 0.462 e. The monoisotopic (exact) mass is 494 g/mol. The van der Waals surface area contributed by atoms with Crippen LogP contribution in [-0.2, 0) is 14.3 Å². The molecule has 0 aliphatic heterocycles. The number of fused-ring (bicyclic) bond motifs is 3. The van der Waals surface area contributed by atoms with Crippen molar-refractivity contribution in [2.24, 2.45) is 5.41 Å². The molecule has 0 aliphatic carbocycles. The maximum atomic E-state index is 12.7. The number of carbonyl (C=O) groups excluding carboxylic acids is 1. The van der Waals surface area contributed by atoms with Gasteiger partial charge in [0.2, 0.25) is 0 Å². The van der Waals surface area contributed by atoms with Gasteiger partial charge in [-0.3, -0.25) is 4.79 Å². The number of aromatic nitrogens is 4. The molecule has 184 valence electrons. The molecule has 0 fully saturated rings. The second kappa shape index (κ2) is 9.21. The highest BCUT2D eigenvalue weighted by atomic mass is 35.5. The van der Waals surface area contributed by atoms with Gasteiger partial charge < -0.3 is 9.47 Å². The molecule has 0 amide bonds. The van der Waals surface area contributed by atoms with Crippen LogP contribution in [0.25, 0.3) is 27.7 Å². The summed E-state index contributed by atoms with van der Waals surface area (Å²) in [4.78, 5) is 12.7. The number of pyridine rings is 1. The average Bonchev–Trinajstić information content (AvgIpc) is 3.24. The molecule has 0 saturated heterocycles. The van der Waals surface area contributed by atoms with Crippen molar-refractivity contribution >= 4 is 34.1 Å². The molecule has 2 heterocycles. The van der Waals surface area contributed by atoms with Gasteiger partial charge in [-0.25, -0.2) is 0 Å². The lowest BCUT2D eigenvalue weighted by Gasteiger charge is -2.31. The fourth-order valence-corrected chi connectivity index (χ4v) is 4.24. The zero-order chi connectivity index (χ0) is 25.5. The molecule has 2 aromatic carbocycles. The van der Waals surface area contributed by atoms with Gasteiger partial charge in [-0.05, 0) is 111 Å². The van der Waals surface area contributed by atoms with E-state index < -0.39 is 17.1 Å². The number of benzene rings is 2. The molecule has 2 aromatic heterocycles. The minimum Gasteiger partial charge on any atom is -0.462 e. The fourth-order valence-electron chi connectivity index (χ4n) is 4.12. The van der Waals surface area contributed by atoms with Gasteiger partial charge >= 0.3 is 5.97 Å². The van der Waals surface area contributed by atoms with Crippen LogP contribution in [0.1, 0.15) is 58.8 Å². The summed E-state index contributed by atoms with van der Waals surface area (Å²) in [5.74, 6) is -0.276. The van der Waals surface area contributed by atoms with E-state index in [1.165, 1.54) is 0 Å². The quantitative estimate of drug-likeness (QED) is 0.301. The zero-order valence-electron chi connectivity index (χ0n) is 21.2. The first-order valence-corrected chi connectivity index (χ1v) is 12.0. The van der Waals surface area contributed by atoms with Gasteiger partial charge in [-0.1, -0.05) is 23.7 Å². The molecule has 4 aromatic rings. The second-order valence-electron chi connectivity index (χ2n) is 10.8. The van der Waals surface area contributed by atoms with E-state index in [1.54, 1.807) is 4.52 Å². The van der Waals surface area contributed by atoms with Gasteiger partial charge in [0.15, 0.2) is 5.65 Å². The summed E-state index contributed by atoms with van der Waals surface area (Å²) in [5.41, 5.74) is 4.31. The molecule has 0 unspecified atom stereocenters. The number of ether oxygens (including phenoxy) is 2. The summed E-state index contributed by atoms with van der Waals surface area (Å²) in [6.45, 7) is 13.6. The van der Waals surface area contributed by atoms with E-state index in [0.29, 0.717) is 10.7 Å². The lowest BCUT2D eigenvalue weighted by atomic mass is 9.88. The average molecular weight is 495 g/mol. The molecule has 0 aliphatic rings. The Bertz CT molecular complexity index is 1380. The minimum atomic E-state index is -0.616. The molecule has 7 nitrogen and oxygen atoms in total. The smallest absolute Gasteiger partial charge is 0.311 e. The Morgan fingerprint density at radius 2 is 1.74 bits per heavy atom. The molecule has 1 atom stereocenters. The Kier molecular flexibility index (Phi) is 6.60. The van der Waals surface area contributed by atoms with Gasteiger partial charge in [0.05, 0.1) is 16.5 Å². The number of tetrazole rings is 1. The van der Waals surface area contributed by atoms with Crippen molar-refractivity contribution in [2.75, 3.05) is 6.61 Å². The zero-order valence-corrected chi connectivity index (χ0v) is 22.0. The first kappa shape index (κ1) is 25.1. The molecular weight excluding hydrogens is 464 g/mol.